The summed E-state index contributed by atoms with van der Waals surface area (Å²) in [4.78, 5) is 17.4. The number of rotatable bonds is 3. The van der Waals surface area contributed by atoms with E-state index < -0.39 is 10.0 Å². The molecule has 0 bridgehead atoms. The molecule has 1 aromatic carbocycles. The predicted molar refractivity (Wildman–Crippen MR) is 89.3 cm³/mol. The summed E-state index contributed by atoms with van der Waals surface area (Å²) in [5, 5.41) is 3.84. The number of nitrogens with zero attached hydrogens (tertiary/aromatic N) is 4. The molecule has 1 unspecified atom stereocenters. The Balaban J connectivity index is 2.02. The van der Waals surface area contributed by atoms with Crippen LogP contribution in [-0.4, -0.2) is 35.6 Å². The second-order valence-electron chi connectivity index (χ2n) is 5.89. The van der Waals surface area contributed by atoms with E-state index in [1.165, 1.54) is 17.9 Å². The molecule has 1 N–H and O–H groups in total. The van der Waals surface area contributed by atoms with Crippen LogP contribution in [-0.2, 0) is 21.9 Å². The van der Waals surface area contributed by atoms with Gasteiger partial charge in [-0.25, -0.2) is 17.8 Å². The summed E-state index contributed by atoms with van der Waals surface area (Å²) in [5.74, 6) is 0.308. The summed E-state index contributed by atoms with van der Waals surface area (Å²) in [7, 11) is -2.22. The van der Waals surface area contributed by atoms with Crippen molar-refractivity contribution in [2.45, 2.75) is 31.1 Å². The molecule has 1 aliphatic rings. The van der Waals surface area contributed by atoms with Crippen molar-refractivity contribution in [3.63, 3.8) is 0 Å². The molecule has 0 saturated heterocycles. The van der Waals surface area contributed by atoms with Gasteiger partial charge in [0.2, 0.25) is 11.9 Å². The maximum Gasteiger partial charge on any atom is 0.264 e. The van der Waals surface area contributed by atoms with E-state index in [-0.39, 0.29) is 22.7 Å². The molecule has 2 aromatic rings. The minimum Gasteiger partial charge on any atom is -0.312 e. The van der Waals surface area contributed by atoms with Crippen LogP contribution >= 0.6 is 0 Å². The number of aromatic nitrogens is 3. The van der Waals surface area contributed by atoms with Crippen molar-refractivity contribution in [1.82, 2.24) is 14.8 Å². The highest BCUT2D eigenvalue weighted by Gasteiger charge is 2.27. The number of benzene rings is 1. The number of sulfonamides is 1. The van der Waals surface area contributed by atoms with Crippen molar-refractivity contribution in [3.8, 4) is 0 Å². The second-order valence-corrected chi connectivity index (χ2v) is 7.58. The van der Waals surface area contributed by atoms with Gasteiger partial charge in [0.1, 0.15) is 6.33 Å². The topological polar surface area (TPSA) is 97.2 Å². The Morgan fingerprint density at radius 3 is 2.75 bits per heavy atom. The van der Waals surface area contributed by atoms with Crippen LogP contribution in [0.3, 0.4) is 0 Å². The predicted octanol–water partition coefficient (Wildman–Crippen LogP) is 1.48. The molecule has 1 atom stereocenters. The summed E-state index contributed by atoms with van der Waals surface area (Å²) >= 11 is 0. The van der Waals surface area contributed by atoms with Crippen molar-refractivity contribution in [2.75, 3.05) is 16.2 Å². The highest BCUT2D eigenvalue weighted by molar-refractivity contribution is 7.92. The van der Waals surface area contributed by atoms with Gasteiger partial charge in [-0.05, 0) is 30.0 Å². The molecule has 3 rings (SSSR count). The van der Waals surface area contributed by atoms with Gasteiger partial charge in [0.05, 0.1) is 4.90 Å². The van der Waals surface area contributed by atoms with Crippen LogP contribution in [0.5, 0.6) is 0 Å². The van der Waals surface area contributed by atoms with Crippen LogP contribution in [0, 0.1) is 0 Å². The van der Waals surface area contributed by atoms with Crippen LogP contribution in [0.15, 0.2) is 29.4 Å². The quantitative estimate of drug-likeness (QED) is 0.905. The summed E-state index contributed by atoms with van der Waals surface area (Å²) in [5.41, 5.74) is 1.64. The Kier molecular flexibility index (Phi) is 4.04. The Morgan fingerprint density at radius 2 is 2.12 bits per heavy atom. The summed E-state index contributed by atoms with van der Waals surface area (Å²) < 4.78 is 28.9. The molecule has 128 valence electrons. The highest BCUT2D eigenvalue weighted by atomic mass is 32.2. The van der Waals surface area contributed by atoms with Crippen molar-refractivity contribution in [1.29, 1.82) is 0 Å². The molecule has 0 saturated carbocycles. The normalized spacial score (nSPS) is 17.5. The van der Waals surface area contributed by atoms with Gasteiger partial charge in [-0.15, -0.1) is 0 Å². The van der Waals surface area contributed by atoms with Gasteiger partial charge in [-0.2, -0.15) is 10.1 Å². The van der Waals surface area contributed by atoms with E-state index in [2.05, 4.69) is 21.7 Å². The number of amides is 1. The average molecular weight is 349 g/mol. The lowest BCUT2D eigenvalue weighted by atomic mass is 9.91. The van der Waals surface area contributed by atoms with Gasteiger partial charge >= 0.3 is 0 Å². The minimum absolute atomic E-state index is 0.0876. The van der Waals surface area contributed by atoms with E-state index >= 15 is 0 Å². The van der Waals surface area contributed by atoms with E-state index in [1.54, 1.807) is 30.1 Å². The van der Waals surface area contributed by atoms with E-state index in [0.29, 0.717) is 12.2 Å². The second kappa shape index (κ2) is 5.90. The van der Waals surface area contributed by atoms with Gasteiger partial charge in [0, 0.05) is 26.2 Å². The van der Waals surface area contributed by atoms with E-state index in [9.17, 15) is 13.2 Å². The number of hydrogen-bond acceptors (Lipinski definition) is 5. The van der Waals surface area contributed by atoms with Crippen LogP contribution in [0.2, 0.25) is 0 Å². The Hall–Kier alpha value is -2.42. The molecule has 9 heteroatoms. The largest absolute Gasteiger partial charge is 0.312 e. The number of anilines is 2. The average Bonchev–Trinajstić information content (AvgIpc) is 2.91. The lowest BCUT2D eigenvalue weighted by Crippen LogP contribution is -2.34. The Bertz CT molecular complexity index is 890. The molecule has 0 radical (unpaired) electrons. The first kappa shape index (κ1) is 16.4. The molecule has 8 nitrogen and oxygen atoms in total. The maximum absolute atomic E-state index is 12.6. The highest BCUT2D eigenvalue weighted by Crippen LogP contribution is 2.36. The van der Waals surface area contributed by atoms with Crippen LogP contribution in [0.4, 0.5) is 11.6 Å². The zero-order valence-corrected chi connectivity index (χ0v) is 14.5. The molecule has 0 aliphatic carbocycles. The monoisotopic (exact) mass is 349 g/mol. The zero-order valence-electron chi connectivity index (χ0n) is 13.7. The van der Waals surface area contributed by atoms with Crippen LogP contribution in [0.25, 0.3) is 0 Å². The fourth-order valence-corrected chi connectivity index (χ4v) is 3.89. The maximum atomic E-state index is 12.6. The van der Waals surface area contributed by atoms with Gasteiger partial charge < -0.3 is 4.90 Å². The zero-order chi connectivity index (χ0) is 17.5. The van der Waals surface area contributed by atoms with Gasteiger partial charge in [-0.1, -0.05) is 13.0 Å². The molecule has 1 aliphatic heterocycles. The van der Waals surface area contributed by atoms with E-state index in [0.717, 1.165) is 12.0 Å². The standard InChI is InChI=1S/C15H19N5O3S/c1-10-6-7-20(11(2)21)14-8-12(4-5-13(10)14)24(22,23)18-15-16-9-17-19(15)3/h4-5,8-10H,6-7H2,1-3H3,(H,16,17,18). The van der Waals surface area contributed by atoms with Crippen LogP contribution in [0.1, 0.15) is 31.7 Å². The molecular weight excluding hydrogens is 330 g/mol. The number of fused-ring (bicyclic) bond motifs is 1. The molecule has 2 heterocycles. The first-order valence-electron chi connectivity index (χ1n) is 7.58. The molecule has 1 amide bonds. The molecule has 1 aromatic heterocycles. The Morgan fingerprint density at radius 1 is 1.38 bits per heavy atom. The third-order valence-corrected chi connectivity index (χ3v) is 5.56. The minimum atomic E-state index is -3.82. The number of carbonyl (C=O) groups excluding carboxylic acids is 1. The van der Waals surface area contributed by atoms with Crippen molar-refractivity contribution in [2.24, 2.45) is 7.05 Å². The number of nitrogens with one attached hydrogen (secondary N) is 1. The molecule has 0 fully saturated rings. The van der Waals surface area contributed by atoms with Crippen molar-refractivity contribution >= 4 is 27.6 Å². The van der Waals surface area contributed by atoms with Gasteiger partial charge in [-0.3, -0.25) is 4.79 Å². The first-order chi connectivity index (χ1) is 11.3. The SMILES string of the molecule is CC(=O)N1CCC(C)c2ccc(S(=O)(=O)Nc3ncnn3C)cc21. The number of carbonyl (C=O) groups is 1. The number of aryl methyl sites for hydroxylation is 1. The smallest absolute Gasteiger partial charge is 0.264 e. The molecule has 24 heavy (non-hydrogen) atoms. The Labute approximate surface area is 140 Å². The number of hydrogen-bond donors (Lipinski definition) is 1. The lowest BCUT2D eigenvalue weighted by Gasteiger charge is -2.32. The summed E-state index contributed by atoms with van der Waals surface area (Å²) in [6.07, 6.45) is 2.12. The van der Waals surface area contributed by atoms with Crippen molar-refractivity contribution < 1.29 is 13.2 Å². The van der Waals surface area contributed by atoms with E-state index in [1.807, 2.05) is 0 Å². The third kappa shape index (κ3) is 2.86. The lowest BCUT2D eigenvalue weighted by molar-refractivity contribution is -0.116. The van der Waals surface area contributed by atoms with Crippen LogP contribution < -0.4 is 9.62 Å². The molecule has 0 spiro atoms. The summed E-state index contributed by atoms with van der Waals surface area (Å²) in [6.45, 7) is 4.14. The first-order valence-corrected chi connectivity index (χ1v) is 9.07. The fraction of sp³-hybridized carbons (Fsp3) is 0.400. The fourth-order valence-electron chi connectivity index (χ4n) is 2.83. The van der Waals surface area contributed by atoms with Gasteiger partial charge in [0.15, 0.2) is 0 Å². The van der Waals surface area contributed by atoms with E-state index in [4.69, 9.17) is 0 Å². The third-order valence-electron chi connectivity index (χ3n) is 4.24. The van der Waals surface area contributed by atoms with Gasteiger partial charge in [0.25, 0.3) is 10.0 Å². The summed E-state index contributed by atoms with van der Waals surface area (Å²) in [6, 6.07) is 4.88. The van der Waals surface area contributed by atoms with Crippen molar-refractivity contribution in [3.05, 3.63) is 30.1 Å². The molecular formula is C15H19N5O3S.